The van der Waals surface area contributed by atoms with Crippen LogP contribution in [-0.4, -0.2) is 25.8 Å². The largest absolute Gasteiger partial charge is 0.476 e. The molecule has 7 nitrogen and oxygen atoms in total. The van der Waals surface area contributed by atoms with Crippen molar-refractivity contribution in [2.24, 2.45) is 5.92 Å². The summed E-state index contributed by atoms with van der Waals surface area (Å²) >= 11 is 0. The third kappa shape index (κ3) is 2.30. The molecule has 1 rings (SSSR count). The van der Waals surface area contributed by atoms with Gasteiger partial charge in [-0.25, -0.2) is 4.79 Å². The third-order valence-corrected chi connectivity index (χ3v) is 1.76. The molecule has 0 radical (unpaired) electrons. The van der Waals surface area contributed by atoms with Gasteiger partial charge in [0.1, 0.15) is 6.20 Å². The number of aromatic nitrogens is 2. The van der Waals surface area contributed by atoms with Gasteiger partial charge in [0.2, 0.25) is 5.69 Å². The number of hydrogen-bond donors (Lipinski definition) is 1. The minimum absolute atomic E-state index is 0.169. The van der Waals surface area contributed by atoms with Crippen LogP contribution < -0.4 is 0 Å². The van der Waals surface area contributed by atoms with E-state index in [0.717, 1.165) is 10.9 Å². The van der Waals surface area contributed by atoms with Crippen LogP contribution in [0.1, 0.15) is 24.3 Å². The molecular formula is C8H11N3O4. The van der Waals surface area contributed by atoms with E-state index >= 15 is 0 Å². The molecule has 0 aliphatic carbocycles. The van der Waals surface area contributed by atoms with Gasteiger partial charge in [-0.3, -0.25) is 14.8 Å². The predicted molar refractivity (Wildman–Crippen MR) is 50.7 cm³/mol. The molecular weight excluding hydrogens is 202 g/mol. The molecule has 1 aromatic rings. The van der Waals surface area contributed by atoms with Crippen molar-refractivity contribution in [3.05, 3.63) is 22.0 Å². The Labute approximate surface area is 85.5 Å². The van der Waals surface area contributed by atoms with Crippen molar-refractivity contribution >= 4 is 11.7 Å². The van der Waals surface area contributed by atoms with Gasteiger partial charge in [-0.1, -0.05) is 13.8 Å². The van der Waals surface area contributed by atoms with Crippen molar-refractivity contribution in [2.45, 2.75) is 20.4 Å². The van der Waals surface area contributed by atoms with Gasteiger partial charge in [0, 0.05) is 6.54 Å². The fourth-order valence-corrected chi connectivity index (χ4v) is 1.21. The van der Waals surface area contributed by atoms with E-state index in [2.05, 4.69) is 5.10 Å². The minimum Gasteiger partial charge on any atom is -0.476 e. The molecule has 7 heteroatoms. The number of nitrogens with zero attached hydrogens (tertiary/aromatic N) is 3. The average molecular weight is 213 g/mol. The van der Waals surface area contributed by atoms with Gasteiger partial charge in [-0.05, 0) is 5.92 Å². The van der Waals surface area contributed by atoms with Crippen LogP contribution in [0.25, 0.3) is 0 Å². The molecule has 1 N–H and O–H groups in total. The summed E-state index contributed by atoms with van der Waals surface area (Å²) in [5, 5.41) is 23.0. The van der Waals surface area contributed by atoms with Crippen molar-refractivity contribution in [3.8, 4) is 0 Å². The molecule has 0 fully saturated rings. The summed E-state index contributed by atoms with van der Waals surface area (Å²) < 4.78 is 1.14. The maximum atomic E-state index is 10.8. The first kappa shape index (κ1) is 11.2. The molecule has 0 bridgehead atoms. The van der Waals surface area contributed by atoms with Crippen molar-refractivity contribution in [1.29, 1.82) is 0 Å². The number of nitro groups is 1. The summed E-state index contributed by atoms with van der Waals surface area (Å²) in [7, 11) is 0. The van der Waals surface area contributed by atoms with Gasteiger partial charge < -0.3 is 5.11 Å². The standard InChI is InChI=1S/C8H11N3O4/c1-5(2)4-10-7(8(12)13)6(3-9-10)11(14)15/h3,5H,4H2,1-2H3,(H,12,13). The van der Waals surface area contributed by atoms with E-state index in [4.69, 9.17) is 5.11 Å². The zero-order valence-electron chi connectivity index (χ0n) is 8.38. The molecule has 0 spiro atoms. The number of carboxylic acid groups (broad SMARTS) is 1. The second-order valence-corrected chi connectivity index (χ2v) is 3.52. The lowest BCUT2D eigenvalue weighted by atomic mass is 10.2. The zero-order valence-corrected chi connectivity index (χ0v) is 8.38. The van der Waals surface area contributed by atoms with Gasteiger partial charge >= 0.3 is 11.7 Å². The maximum Gasteiger partial charge on any atom is 0.361 e. The number of rotatable bonds is 4. The lowest BCUT2D eigenvalue weighted by molar-refractivity contribution is -0.385. The average Bonchev–Trinajstić information content (AvgIpc) is 2.46. The van der Waals surface area contributed by atoms with Crippen molar-refractivity contribution in [1.82, 2.24) is 9.78 Å². The first-order valence-electron chi connectivity index (χ1n) is 4.37. The normalized spacial score (nSPS) is 10.6. The van der Waals surface area contributed by atoms with Crippen molar-refractivity contribution < 1.29 is 14.8 Å². The summed E-state index contributed by atoms with van der Waals surface area (Å²) in [4.78, 5) is 20.6. The highest BCUT2D eigenvalue weighted by molar-refractivity contribution is 5.90. The van der Waals surface area contributed by atoms with E-state index < -0.39 is 16.6 Å². The van der Waals surface area contributed by atoms with Crippen LogP contribution >= 0.6 is 0 Å². The predicted octanol–water partition coefficient (Wildman–Crippen LogP) is 1.15. The van der Waals surface area contributed by atoms with Crippen LogP contribution in [0.15, 0.2) is 6.20 Å². The highest BCUT2D eigenvalue weighted by atomic mass is 16.6. The number of carbonyl (C=O) groups is 1. The van der Waals surface area contributed by atoms with Crippen LogP contribution in [-0.2, 0) is 6.54 Å². The Morgan fingerprint density at radius 1 is 1.73 bits per heavy atom. The Morgan fingerprint density at radius 2 is 2.33 bits per heavy atom. The van der Waals surface area contributed by atoms with Crippen LogP contribution in [0.4, 0.5) is 5.69 Å². The minimum atomic E-state index is -1.33. The molecule has 0 unspecified atom stereocenters. The van der Waals surface area contributed by atoms with E-state index in [1.165, 1.54) is 0 Å². The molecule has 0 saturated heterocycles. The summed E-state index contributed by atoms with van der Waals surface area (Å²) in [6, 6.07) is 0. The summed E-state index contributed by atoms with van der Waals surface area (Å²) in [5.74, 6) is -1.16. The molecule has 0 aliphatic rings. The van der Waals surface area contributed by atoms with Crippen LogP contribution in [0, 0.1) is 16.0 Å². The monoisotopic (exact) mass is 213 g/mol. The third-order valence-electron chi connectivity index (χ3n) is 1.76. The van der Waals surface area contributed by atoms with Gasteiger partial charge in [0.05, 0.1) is 4.92 Å². The Hall–Kier alpha value is -1.92. The fourth-order valence-electron chi connectivity index (χ4n) is 1.21. The first-order chi connectivity index (χ1) is 6.93. The Bertz CT molecular complexity index is 397. The molecule has 0 aliphatic heterocycles. The van der Waals surface area contributed by atoms with Gasteiger partial charge in [-0.2, -0.15) is 5.10 Å². The fraction of sp³-hybridized carbons (Fsp3) is 0.500. The molecule has 0 aromatic carbocycles. The van der Waals surface area contributed by atoms with Crippen molar-refractivity contribution in [2.75, 3.05) is 0 Å². The second kappa shape index (κ2) is 4.07. The van der Waals surface area contributed by atoms with E-state index in [1.54, 1.807) is 0 Å². The lowest BCUT2D eigenvalue weighted by Crippen LogP contribution is -2.14. The Morgan fingerprint density at radius 3 is 2.73 bits per heavy atom. The Balaban J connectivity index is 3.18. The molecule has 1 heterocycles. The molecule has 0 saturated carbocycles. The highest BCUT2D eigenvalue weighted by Crippen LogP contribution is 2.18. The SMILES string of the molecule is CC(C)Cn1ncc([N+](=O)[O-])c1C(=O)O. The van der Waals surface area contributed by atoms with Gasteiger partial charge in [-0.15, -0.1) is 0 Å². The molecule has 15 heavy (non-hydrogen) atoms. The van der Waals surface area contributed by atoms with Gasteiger partial charge in [0.25, 0.3) is 0 Å². The summed E-state index contributed by atoms with van der Waals surface area (Å²) in [6.07, 6.45) is 0.964. The van der Waals surface area contributed by atoms with Crippen LogP contribution in [0.5, 0.6) is 0 Å². The summed E-state index contributed by atoms with van der Waals surface area (Å²) in [6.45, 7) is 4.09. The number of carboxylic acids is 1. The Kier molecular flexibility index (Phi) is 3.03. The lowest BCUT2D eigenvalue weighted by Gasteiger charge is -2.05. The molecule has 82 valence electrons. The molecule has 0 amide bonds. The smallest absolute Gasteiger partial charge is 0.361 e. The zero-order chi connectivity index (χ0) is 11.6. The van der Waals surface area contributed by atoms with E-state index in [9.17, 15) is 14.9 Å². The maximum absolute atomic E-state index is 10.8. The van der Waals surface area contributed by atoms with E-state index in [-0.39, 0.29) is 11.6 Å². The van der Waals surface area contributed by atoms with Crippen molar-refractivity contribution in [3.63, 3.8) is 0 Å². The number of aromatic carboxylic acids is 1. The first-order valence-corrected chi connectivity index (χ1v) is 4.37. The summed E-state index contributed by atoms with van der Waals surface area (Å²) in [5.41, 5.74) is -0.836. The molecule has 0 atom stereocenters. The number of hydrogen-bond acceptors (Lipinski definition) is 4. The highest BCUT2D eigenvalue weighted by Gasteiger charge is 2.26. The van der Waals surface area contributed by atoms with Crippen LogP contribution in [0.3, 0.4) is 0 Å². The topological polar surface area (TPSA) is 98.3 Å². The molecule has 1 aromatic heterocycles. The second-order valence-electron chi connectivity index (χ2n) is 3.52. The van der Waals surface area contributed by atoms with Gasteiger partial charge in [0.15, 0.2) is 0 Å². The quantitative estimate of drug-likeness (QED) is 0.597. The van der Waals surface area contributed by atoms with E-state index in [1.807, 2.05) is 13.8 Å². The van der Waals surface area contributed by atoms with E-state index in [0.29, 0.717) is 6.54 Å². The van der Waals surface area contributed by atoms with Crippen LogP contribution in [0.2, 0.25) is 0 Å².